The lowest BCUT2D eigenvalue weighted by molar-refractivity contribution is 0.0895. The second-order valence-electron chi connectivity index (χ2n) is 5.64. The van der Waals surface area contributed by atoms with Crippen molar-refractivity contribution in [3.05, 3.63) is 47.3 Å². The van der Waals surface area contributed by atoms with Gasteiger partial charge in [-0.3, -0.25) is 4.90 Å². The number of rotatable bonds is 4. The van der Waals surface area contributed by atoms with Gasteiger partial charge in [-0.05, 0) is 19.4 Å². The molecule has 20 heavy (non-hydrogen) atoms. The first-order valence-electron chi connectivity index (χ1n) is 6.99. The number of benzene rings is 1. The maximum atomic E-state index is 9.46. The summed E-state index contributed by atoms with van der Waals surface area (Å²) in [6.45, 7) is 6.78. The van der Waals surface area contributed by atoms with Crippen LogP contribution in [0.15, 0.2) is 30.5 Å². The van der Waals surface area contributed by atoms with Crippen LogP contribution in [0.25, 0.3) is 0 Å². The number of aliphatic hydroxyl groups excluding tert-OH is 1. The van der Waals surface area contributed by atoms with Crippen molar-refractivity contribution in [1.82, 2.24) is 19.9 Å². The first kappa shape index (κ1) is 13.3. The first-order chi connectivity index (χ1) is 9.61. The van der Waals surface area contributed by atoms with Crippen LogP contribution in [0.5, 0.6) is 0 Å². The summed E-state index contributed by atoms with van der Waals surface area (Å²) < 4.78 is 1.87. The molecule has 106 valence electrons. The topological polar surface area (TPSA) is 54.2 Å². The predicted molar refractivity (Wildman–Crippen MR) is 76.1 cm³/mol. The van der Waals surface area contributed by atoms with E-state index in [1.54, 1.807) is 6.92 Å². The molecule has 0 unspecified atom stereocenters. The maximum absolute atomic E-state index is 9.46. The molecule has 2 heterocycles. The molecule has 1 fully saturated rings. The van der Waals surface area contributed by atoms with E-state index < -0.39 is 6.10 Å². The minimum absolute atomic E-state index is 0.375. The van der Waals surface area contributed by atoms with Gasteiger partial charge in [-0.25, -0.2) is 4.68 Å². The Labute approximate surface area is 118 Å². The van der Waals surface area contributed by atoms with Crippen LogP contribution in [0.3, 0.4) is 0 Å². The Morgan fingerprint density at radius 2 is 2.20 bits per heavy atom. The first-order valence-corrected chi connectivity index (χ1v) is 6.99. The Hall–Kier alpha value is -1.72. The van der Waals surface area contributed by atoms with Crippen LogP contribution in [-0.4, -0.2) is 38.1 Å². The Bertz CT molecular complexity index is 587. The van der Waals surface area contributed by atoms with Gasteiger partial charge in [0, 0.05) is 19.6 Å². The van der Waals surface area contributed by atoms with Crippen molar-refractivity contribution in [3.8, 4) is 0 Å². The molecular weight excluding hydrogens is 252 g/mol. The van der Waals surface area contributed by atoms with Crippen molar-refractivity contribution < 1.29 is 5.11 Å². The zero-order valence-corrected chi connectivity index (χ0v) is 11.9. The molecule has 1 saturated heterocycles. The number of aliphatic hydroxyl groups is 1. The van der Waals surface area contributed by atoms with Gasteiger partial charge in [-0.15, -0.1) is 5.10 Å². The Morgan fingerprint density at radius 1 is 1.40 bits per heavy atom. The monoisotopic (exact) mass is 272 g/mol. The average molecular weight is 272 g/mol. The molecule has 1 aliphatic rings. The van der Waals surface area contributed by atoms with E-state index in [4.69, 9.17) is 0 Å². The summed E-state index contributed by atoms with van der Waals surface area (Å²) in [5.41, 5.74) is 3.30. The van der Waals surface area contributed by atoms with Crippen LogP contribution in [0, 0.1) is 6.92 Å². The molecular formula is C15H20N4O. The summed E-state index contributed by atoms with van der Waals surface area (Å²) in [6.07, 6.45) is 1.30. The highest BCUT2D eigenvalue weighted by Gasteiger charge is 2.29. The van der Waals surface area contributed by atoms with E-state index in [2.05, 4.69) is 46.4 Å². The third-order valence-corrected chi connectivity index (χ3v) is 3.76. The largest absolute Gasteiger partial charge is 0.387 e. The predicted octanol–water partition coefficient (Wildman–Crippen LogP) is 1.70. The molecule has 0 spiro atoms. The fraction of sp³-hybridized carbons (Fsp3) is 0.467. The molecule has 1 aliphatic heterocycles. The van der Waals surface area contributed by atoms with E-state index in [0.717, 1.165) is 19.6 Å². The van der Waals surface area contributed by atoms with Gasteiger partial charge >= 0.3 is 0 Å². The highest BCUT2D eigenvalue weighted by molar-refractivity contribution is 5.22. The van der Waals surface area contributed by atoms with Gasteiger partial charge in [0.1, 0.15) is 5.69 Å². The normalized spacial score (nSPS) is 17.9. The molecule has 0 saturated carbocycles. The standard InChI is InChI=1S/C15H20N4O/c1-11-4-3-5-13(6-11)7-18-8-14(9-18)19-10-15(12(2)20)16-17-19/h3-6,10,12,14,20H,7-9H2,1-2H3/t12-/m0/s1. The van der Waals surface area contributed by atoms with Gasteiger partial charge in [0.05, 0.1) is 18.3 Å². The van der Waals surface area contributed by atoms with Crippen molar-refractivity contribution in [1.29, 1.82) is 0 Å². The molecule has 0 bridgehead atoms. The van der Waals surface area contributed by atoms with Crippen molar-refractivity contribution in [2.45, 2.75) is 32.5 Å². The number of hydrogen-bond acceptors (Lipinski definition) is 4. The Kier molecular flexibility index (Phi) is 3.54. The minimum atomic E-state index is -0.549. The molecule has 1 N–H and O–H groups in total. The number of hydrogen-bond donors (Lipinski definition) is 1. The van der Waals surface area contributed by atoms with Gasteiger partial charge in [-0.1, -0.05) is 35.0 Å². The van der Waals surface area contributed by atoms with Crippen molar-refractivity contribution in [2.24, 2.45) is 0 Å². The lowest BCUT2D eigenvalue weighted by atomic mass is 10.1. The summed E-state index contributed by atoms with van der Waals surface area (Å²) in [5.74, 6) is 0. The van der Waals surface area contributed by atoms with E-state index in [9.17, 15) is 5.11 Å². The summed E-state index contributed by atoms with van der Waals surface area (Å²) in [4.78, 5) is 2.39. The Balaban J connectivity index is 1.55. The van der Waals surface area contributed by atoms with Crippen LogP contribution >= 0.6 is 0 Å². The van der Waals surface area contributed by atoms with Crippen molar-refractivity contribution >= 4 is 0 Å². The molecule has 2 aromatic rings. The fourth-order valence-electron chi connectivity index (χ4n) is 2.57. The molecule has 3 rings (SSSR count). The Morgan fingerprint density at radius 3 is 2.85 bits per heavy atom. The third kappa shape index (κ3) is 2.73. The van der Waals surface area contributed by atoms with Crippen LogP contribution in [-0.2, 0) is 6.54 Å². The van der Waals surface area contributed by atoms with E-state index >= 15 is 0 Å². The lowest BCUT2D eigenvalue weighted by Crippen LogP contribution is -2.47. The van der Waals surface area contributed by atoms with E-state index in [1.807, 2.05) is 10.9 Å². The van der Waals surface area contributed by atoms with Gasteiger partial charge < -0.3 is 5.11 Å². The van der Waals surface area contributed by atoms with Crippen LogP contribution in [0.1, 0.15) is 35.9 Å². The molecule has 1 atom stereocenters. The zero-order chi connectivity index (χ0) is 14.1. The van der Waals surface area contributed by atoms with Crippen LogP contribution < -0.4 is 0 Å². The van der Waals surface area contributed by atoms with E-state index in [0.29, 0.717) is 11.7 Å². The fourth-order valence-corrected chi connectivity index (χ4v) is 2.57. The summed E-state index contributed by atoms with van der Waals surface area (Å²) >= 11 is 0. The number of likely N-dealkylation sites (tertiary alicyclic amines) is 1. The molecule has 0 aliphatic carbocycles. The summed E-state index contributed by atoms with van der Waals surface area (Å²) in [7, 11) is 0. The molecule has 1 aromatic heterocycles. The zero-order valence-electron chi connectivity index (χ0n) is 11.9. The van der Waals surface area contributed by atoms with Crippen molar-refractivity contribution in [3.63, 3.8) is 0 Å². The molecule has 5 nitrogen and oxygen atoms in total. The van der Waals surface area contributed by atoms with Gasteiger partial charge in [0.25, 0.3) is 0 Å². The van der Waals surface area contributed by atoms with Gasteiger partial charge in [0.15, 0.2) is 0 Å². The van der Waals surface area contributed by atoms with Crippen LogP contribution in [0.2, 0.25) is 0 Å². The number of nitrogens with zero attached hydrogens (tertiary/aromatic N) is 4. The lowest BCUT2D eigenvalue weighted by Gasteiger charge is -2.38. The highest BCUT2D eigenvalue weighted by atomic mass is 16.3. The SMILES string of the molecule is Cc1cccc(CN2CC(n3cc([C@H](C)O)nn3)C2)c1. The summed E-state index contributed by atoms with van der Waals surface area (Å²) in [6, 6.07) is 9.00. The minimum Gasteiger partial charge on any atom is -0.387 e. The smallest absolute Gasteiger partial charge is 0.111 e. The second-order valence-corrected chi connectivity index (χ2v) is 5.64. The maximum Gasteiger partial charge on any atom is 0.111 e. The van der Waals surface area contributed by atoms with Gasteiger partial charge in [0.2, 0.25) is 0 Å². The molecule has 0 radical (unpaired) electrons. The second kappa shape index (κ2) is 5.34. The van der Waals surface area contributed by atoms with Crippen molar-refractivity contribution in [2.75, 3.05) is 13.1 Å². The highest BCUT2D eigenvalue weighted by Crippen LogP contribution is 2.23. The number of aromatic nitrogens is 3. The molecule has 1 aromatic carbocycles. The third-order valence-electron chi connectivity index (χ3n) is 3.76. The molecule has 5 heteroatoms. The molecule has 0 amide bonds. The quantitative estimate of drug-likeness (QED) is 0.920. The van der Waals surface area contributed by atoms with Gasteiger partial charge in [-0.2, -0.15) is 0 Å². The summed E-state index contributed by atoms with van der Waals surface area (Å²) in [5, 5.41) is 17.5. The number of aryl methyl sites for hydroxylation is 1. The van der Waals surface area contributed by atoms with E-state index in [1.165, 1.54) is 11.1 Å². The van der Waals surface area contributed by atoms with E-state index in [-0.39, 0.29) is 0 Å². The van der Waals surface area contributed by atoms with Crippen LogP contribution in [0.4, 0.5) is 0 Å². The average Bonchev–Trinajstić information content (AvgIpc) is 2.82.